The van der Waals surface area contributed by atoms with Crippen LogP contribution in [0.3, 0.4) is 0 Å². The summed E-state index contributed by atoms with van der Waals surface area (Å²) in [6.07, 6.45) is 8.21. The van der Waals surface area contributed by atoms with Gasteiger partial charge in [0, 0.05) is 6.61 Å². The number of ether oxygens (including phenoxy) is 1. The van der Waals surface area contributed by atoms with Crippen molar-refractivity contribution in [2.45, 2.75) is 31.8 Å². The lowest BCUT2D eigenvalue weighted by atomic mass is 10.1. The molecule has 0 spiro atoms. The van der Waals surface area contributed by atoms with E-state index in [2.05, 4.69) is 6.07 Å². The van der Waals surface area contributed by atoms with E-state index in [-0.39, 0.29) is 6.10 Å². The van der Waals surface area contributed by atoms with Crippen molar-refractivity contribution >= 4 is 0 Å². The summed E-state index contributed by atoms with van der Waals surface area (Å²) in [6, 6.07) is 2.06. The Balaban J connectivity index is 2.19. The van der Waals surface area contributed by atoms with Crippen molar-refractivity contribution in [2.75, 3.05) is 6.61 Å². The monoisotopic (exact) mass is 151 g/mol. The summed E-state index contributed by atoms with van der Waals surface area (Å²) < 4.78 is 5.43. The molecule has 0 aromatic rings. The molecule has 60 valence electrons. The van der Waals surface area contributed by atoms with Crippen LogP contribution in [0.15, 0.2) is 12.2 Å². The van der Waals surface area contributed by atoms with Gasteiger partial charge in [0.2, 0.25) is 0 Å². The lowest BCUT2D eigenvalue weighted by Crippen LogP contribution is -2.16. The number of rotatable bonds is 2. The zero-order valence-electron chi connectivity index (χ0n) is 6.62. The molecular formula is C9H13NO. The molecule has 1 heterocycles. The van der Waals surface area contributed by atoms with Gasteiger partial charge >= 0.3 is 0 Å². The molecule has 0 saturated carbocycles. The number of nitriles is 1. The van der Waals surface area contributed by atoms with Gasteiger partial charge < -0.3 is 4.74 Å². The summed E-state index contributed by atoms with van der Waals surface area (Å²) in [5.41, 5.74) is 0. The average molecular weight is 151 g/mol. The molecule has 1 unspecified atom stereocenters. The molecule has 1 aliphatic rings. The van der Waals surface area contributed by atoms with Gasteiger partial charge in [0.1, 0.15) is 0 Å². The molecule has 0 bridgehead atoms. The molecule has 0 N–H and O–H groups in total. The summed E-state index contributed by atoms with van der Waals surface area (Å²) in [6.45, 7) is 0.877. The lowest BCUT2D eigenvalue weighted by Gasteiger charge is -2.18. The minimum atomic E-state index is 0.275. The van der Waals surface area contributed by atoms with E-state index in [0.29, 0.717) is 6.42 Å². The summed E-state index contributed by atoms with van der Waals surface area (Å²) >= 11 is 0. The SMILES string of the molecule is N#CC/C=C/C1CCCCO1. The van der Waals surface area contributed by atoms with Crippen molar-refractivity contribution in [3.63, 3.8) is 0 Å². The quantitative estimate of drug-likeness (QED) is 0.566. The normalized spacial score (nSPS) is 25.2. The zero-order chi connectivity index (χ0) is 7.94. The van der Waals surface area contributed by atoms with Crippen molar-refractivity contribution in [1.29, 1.82) is 5.26 Å². The highest BCUT2D eigenvalue weighted by Gasteiger charge is 2.08. The van der Waals surface area contributed by atoms with Crippen molar-refractivity contribution < 1.29 is 4.74 Å². The fourth-order valence-corrected chi connectivity index (χ4v) is 1.19. The highest BCUT2D eigenvalue weighted by atomic mass is 16.5. The zero-order valence-corrected chi connectivity index (χ0v) is 6.62. The first-order valence-electron chi connectivity index (χ1n) is 4.08. The molecule has 0 aliphatic carbocycles. The van der Waals surface area contributed by atoms with Gasteiger partial charge in [-0.2, -0.15) is 5.26 Å². The first kappa shape index (κ1) is 8.29. The Kier molecular flexibility index (Phi) is 3.71. The molecular weight excluding hydrogens is 138 g/mol. The van der Waals surface area contributed by atoms with E-state index in [1.54, 1.807) is 0 Å². The van der Waals surface area contributed by atoms with E-state index in [9.17, 15) is 0 Å². The van der Waals surface area contributed by atoms with Gasteiger partial charge in [0.05, 0.1) is 18.6 Å². The third-order valence-corrected chi connectivity index (χ3v) is 1.77. The second-order valence-corrected chi connectivity index (χ2v) is 2.70. The van der Waals surface area contributed by atoms with E-state index in [1.165, 1.54) is 12.8 Å². The fourth-order valence-electron chi connectivity index (χ4n) is 1.19. The van der Waals surface area contributed by atoms with Crippen molar-refractivity contribution in [3.05, 3.63) is 12.2 Å². The van der Waals surface area contributed by atoms with Gasteiger partial charge in [0.15, 0.2) is 0 Å². The lowest BCUT2D eigenvalue weighted by molar-refractivity contribution is 0.0465. The molecule has 1 rings (SSSR count). The van der Waals surface area contributed by atoms with Crippen molar-refractivity contribution in [1.82, 2.24) is 0 Å². The van der Waals surface area contributed by atoms with Crippen molar-refractivity contribution in [2.24, 2.45) is 0 Å². The van der Waals surface area contributed by atoms with Gasteiger partial charge in [0.25, 0.3) is 0 Å². The maximum Gasteiger partial charge on any atom is 0.0756 e. The van der Waals surface area contributed by atoms with E-state index in [4.69, 9.17) is 10.00 Å². The smallest absolute Gasteiger partial charge is 0.0756 e. The van der Waals surface area contributed by atoms with Crippen LogP contribution in [0, 0.1) is 11.3 Å². The molecule has 2 heteroatoms. The molecule has 1 fully saturated rings. The summed E-state index contributed by atoms with van der Waals surface area (Å²) in [5.74, 6) is 0. The van der Waals surface area contributed by atoms with Crippen LogP contribution in [-0.2, 0) is 4.74 Å². The highest BCUT2D eigenvalue weighted by molar-refractivity contribution is 4.95. The standard InChI is InChI=1S/C9H13NO/c10-7-3-1-5-9-6-2-4-8-11-9/h1,5,9H,2-4,6,8H2/b5-1+. The highest BCUT2D eigenvalue weighted by Crippen LogP contribution is 2.13. The molecule has 0 radical (unpaired) electrons. The number of hydrogen-bond donors (Lipinski definition) is 0. The Bertz CT molecular complexity index is 163. The van der Waals surface area contributed by atoms with Crippen LogP contribution in [0.25, 0.3) is 0 Å². The minimum absolute atomic E-state index is 0.275. The Hall–Kier alpha value is -0.810. The Morgan fingerprint density at radius 1 is 1.55 bits per heavy atom. The second-order valence-electron chi connectivity index (χ2n) is 2.70. The average Bonchev–Trinajstić information content (AvgIpc) is 2.07. The van der Waals surface area contributed by atoms with Crippen LogP contribution in [0.1, 0.15) is 25.7 Å². The van der Waals surface area contributed by atoms with E-state index in [0.717, 1.165) is 13.0 Å². The topological polar surface area (TPSA) is 33.0 Å². The van der Waals surface area contributed by atoms with Gasteiger partial charge in [-0.05, 0) is 19.3 Å². The predicted molar refractivity (Wildman–Crippen MR) is 43.0 cm³/mol. The summed E-state index contributed by atoms with van der Waals surface area (Å²) in [5, 5.41) is 8.25. The number of nitrogens with zero attached hydrogens (tertiary/aromatic N) is 1. The van der Waals surface area contributed by atoms with E-state index < -0.39 is 0 Å². The first-order valence-corrected chi connectivity index (χ1v) is 4.08. The third-order valence-electron chi connectivity index (χ3n) is 1.77. The molecule has 0 amide bonds. The van der Waals surface area contributed by atoms with Gasteiger partial charge in [-0.25, -0.2) is 0 Å². The predicted octanol–water partition coefficient (Wildman–Crippen LogP) is 2.03. The first-order chi connectivity index (χ1) is 5.43. The largest absolute Gasteiger partial charge is 0.374 e. The molecule has 1 saturated heterocycles. The van der Waals surface area contributed by atoms with E-state index >= 15 is 0 Å². The van der Waals surface area contributed by atoms with Crippen LogP contribution < -0.4 is 0 Å². The van der Waals surface area contributed by atoms with Crippen LogP contribution in [-0.4, -0.2) is 12.7 Å². The summed E-state index contributed by atoms with van der Waals surface area (Å²) in [7, 11) is 0. The molecule has 1 atom stereocenters. The van der Waals surface area contributed by atoms with Gasteiger partial charge in [-0.3, -0.25) is 0 Å². The maximum atomic E-state index is 8.25. The number of allylic oxidation sites excluding steroid dienone is 1. The van der Waals surface area contributed by atoms with E-state index in [1.807, 2.05) is 12.2 Å². The molecule has 11 heavy (non-hydrogen) atoms. The van der Waals surface area contributed by atoms with Crippen LogP contribution in [0.5, 0.6) is 0 Å². The Morgan fingerprint density at radius 3 is 3.09 bits per heavy atom. The molecule has 0 aromatic heterocycles. The fraction of sp³-hybridized carbons (Fsp3) is 0.667. The van der Waals surface area contributed by atoms with Gasteiger partial charge in [-0.15, -0.1) is 0 Å². The summed E-state index contributed by atoms with van der Waals surface area (Å²) in [4.78, 5) is 0. The Labute approximate surface area is 67.5 Å². The number of hydrogen-bond acceptors (Lipinski definition) is 2. The maximum absolute atomic E-state index is 8.25. The molecule has 2 nitrogen and oxygen atoms in total. The van der Waals surface area contributed by atoms with Crippen LogP contribution >= 0.6 is 0 Å². The Morgan fingerprint density at radius 2 is 2.45 bits per heavy atom. The van der Waals surface area contributed by atoms with Crippen LogP contribution in [0.2, 0.25) is 0 Å². The molecule has 0 aromatic carbocycles. The second kappa shape index (κ2) is 4.92. The minimum Gasteiger partial charge on any atom is -0.374 e. The third kappa shape index (κ3) is 3.20. The van der Waals surface area contributed by atoms with Crippen LogP contribution in [0.4, 0.5) is 0 Å². The van der Waals surface area contributed by atoms with Gasteiger partial charge in [-0.1, -0.05) is 12.2 Å². The van der Waals surface area contributed by atoms with Crippen molar-refractivity contribution in [3.8, 4) is 6.07 Å². The molecule has 1 aliphatic heterocycles.